The number of methoxy groups -OCH3 is 1. The van der Waals surface area contributed by atoms with Gasteiger partial charge in [-0.05, 0) is 43.5 Å². The topological polar surface area (TPSA) is 90.7 Å². The Labute approximate surface area is 199 Å². The summed E-state index contributed by atoms with van der Waals surface area (Å²) >= 11 is 0. The molecule has 34 heavy (non-hydrogen) atoms. The van der Waals surface area contributed by atoms with E-state index in [9.17, 15) is 9.59 Å². The molecule has 9 nitrogen and oxygen atoms in total. The molecular formula is C25H34N2O7. The molecule has 0 unspecified atom stereocenters. The summed E-state index contributed by atoms with van der Waals surface area (Å²) in [5, 5.41) is 0.875. The number of hydrogen-bond donors (Lipinski definition) is 0. The van der Waals surface area contributed by atoms with Gasteiger partial charge >= 0.3 is 11.6 Å². The zero-order valence-corrected chi connectivity index (χ0v) is 20.1. The molecule has 0 aliphatic carbocycles. The van der Waals surface area contributed by atoms with E-state index in [4.69, 9.17) is 23.4 Å². The summed E-state index contributed by atoms with van der Waals surface area (Å²) in [5.74, 6) is 0.443. The molecule has 0 atom stereocenters. The minimum absolute atomic E-state index is 0.240. The van der Waals surface area contributed by atoms with Crippen molar-refractivity contribution < 1.29 is 28.2 Å². The van der Waals surface area contributed by atoms with Crippen LogP contribution in [0.1, 0.15) is 29.5 Å². The van der Waals surface area contributed by atoms with Crippen molar-refractivity contribution in [3.8, 4) is 5.75 Å². The number of morpholine rings is 1. The summed E-state index contributed by atoms with van der Waals surface area (Å²) in [6.07, 6.45) is 1.75. The van der Waals surface area contributed by atoms with Crippen molar-refractivity contribution in [2.24, 2.45) is 0 Å². The summed E-state index contributed by atoms with van der Waals surface area (Å²) < 4.78 is 27.4. The van der Waals surface area contributed by atoms with E-state index in [2.05, 4.69) is 9.80 Å². The third kappa shape index (κ3) is 6.15. The Morgan fingerprint density at radius 3 is 2.71 bits per heavy atom. The predicted octanol–water partition coefficient (Wildman–Crippen LogP) is 2.10. The highest BCUT2D eigenvalue weighted by atomic mass is 16.6. The first kappa shape index (κ1) is 24.7. The van der Waals surface area contributed by atoms with Crippen LogP contribution in [0.2, 0.25) is 0 Å². The van der Waals surface area contributed by atoms with Crippen molar-refractivity contribution in [1.29, 1.82) is 0 Å². The highest BCUT2D eigenvalue weighted by molar-refractivity contribution is 5.86. The molecule has 0 radical (unpaired) electrons. The monoisotopic (exact) mass is 474 g/mol. The number of esters is 1. The van der Waals surface area contributed by atoms with Crippen LogP contribution < -0.4 is 10.4 Å². The standard InChI is InChI=1S/C25H34N2O7/c1-18-14-23(29)34-25-20(18)15-19(4-5-22(28)32-13-12-30-2)24-21(25)16-27(17-33-24)7-3-6-26-8-10-31-11-9-26/h14-15H,3-13,16-17H2,1-2H3. The van der Waals surface area contributed by atoms with Gasteiger partial charge in [0.15, 0.2) is 0 Å². The SMILES string of the molecule is COCCOC(=O)CCc1cc2c(C)cc(=O)oc2c2c1OCN(CCCN1CCOCC1)C2. The molecule has 186 valence electrons. The van der Waals surface area contributed by atoms with E-state index in [1.54, 1.807) is 7.11 Å². The van der Waals surface area contributed by atoms with Crippen LogP contribution in [-0.4, -0.2) is 82.2 Å². The number of ether oxygens (including phenoxy) is 4. The zero-order valence-electron chi connectivity index (χ0n) is 20.1. The van der Waals surface area contributed by atoms with E-state index in [1.807, 2.05) is 13.0 Å². The van der Waals surface area contributed by atoms with E-state index in [0.717, 1.165) is 73.6 Å². The summed E-state index contributed by atoms with van der Waals surface area (Å²) in [7, 11) is 1.57. The fourth-order valence-corrected chi connectivity index (χ4v) is 4.53. The van der Waals surface area contributed by atoms with E-state index in [1.165, 1.54) is 6.07 Å². The lowest BCUT2D eigenvalue weighted by atomic mass is 9.97. The Morgan fingerprint density at radius 2 is 1.91 bits per heavy atom. The number of rotatable bonds is 10. The number of fused-ring (bicyclic) bond motifs is 3. The summed E-state index contributed by atoms with van der Waals surface area (Å²) in [6, 6.07) is 3.48. The van der Waals surface area contributed by atoms with Gasteiger partial charge in [-0.15, -0.1) is 0 Å². The number of aryl methyl sites for hydroxylation is 2. The highest BCUT2D eigenvalue weighted by Crippen LogP contribution is 2.37. The van der Waals surface area contributed by atoms with Gasteiger partial charge in [0.1, 0.15) is 24.7 Å². The molecule has 2 aliphatic heterocycles. The third-order valence-corrected chi connectivity index (χ3v) is 6.34. The van der Waals surface area contributed by atoms with Crippen molar-refractivity contribution >= 4 is 16.9 Å². The van der Waals surface area contributed by atoms with Gasteiger partial charge in [-0.25, -0.2) is 4.79 Å². The maximum atomic E-state index is 12.1. The Hall–Kier alpha value is -2.46. The van der Waals surface area contributed by atoms with Gasteiger partial charge in [0.25, 0.3) is 0 Å². The van der Waals surface area contributed by atoms with Crippen LogP contribution in [0.3, 0.4) is 0 Å². The predicted molar refractivity (Wildman–Crippen MR) is 126 cm³/mol. The average molecular weight is 475 g/mol. The van der Waals surface area contributed by atoms with Crippen molar-refractivity contribution in [3.05, 3.63) is 39.2 Å². The molecule has 2 aromatic rings. The van der Waals surface area contributed by atoms with Gasteiger partial charge in [0.2, 0.25) is 0 Å². The molecule has 0 bridgehead atoms. The Morgan fingerprint density at radius 1 is 1.12 bits per heavy atom. The average Bonchev–Trinajstić information content (AvgIpc) is 2.83. The second kappa shape index (κ2) is 11.8. The van der Waals surface area contributed by atoms with Crippen LogP contribution in [0.15, 0.2) is 21.3 Å². The van der Waals surface area contributed by atoms with E-state index in [0.29, 0.717) is 31.9 Å². The van der Waals surface area contributed by atoms with Crippen LogP contribution in [0.4, 0.5) is 0 Å². The number of hydrogen-bond acceptors (Lipinski definition) is 9. The van der Waals surface area contributed by atoms with Crippen molar-refractivity contribution in [2.75, 3.05) is 66.4 Å². The third-order valence-electron chi connectivity index (χ3n) is 6.34. The fourth-order valence-electron chi connectivity index (χ4n) is 4.53. The molecule has 1 saturated heterocycles. The van der Waals surface area contributed by atoms with Gasteiger partial charge in [-0.3, -0.25) is 14.6 Å². The molecule has 4 rings (SSSR count). The molecule has 0 N–H and O–H groups in total. The quantitative estimate of drug-likeness (QED) is 0.292. The molecule has 2 aliphatic rings. The summed E-state index contributed by atoms with van der Waals surface area (Å²) in [5.41, 5.74) is 2.85. The minimum Gasteiger partial charge on any atom is -0.477 e. The van der Waals surface area contributed by atoms with Crippen molar-refractivity contribution in [3.63, 3.8) is 0 Å². The molecule has 0 spiro atoms. The molecule has 0 saturated carbocycles. The zero-order chi connectivity index (χ0) is 23.9. The smallest absolute Gasteiger partial charge is 0.336 e. The first-order valence-corrected chi connectivity index (χ1v) is 11.9. The molecule has 3 heterocycles. The Balaban J connectivity index is 1.49. The summed E-state index contributed by atoms with van der Waals surface area (Å²) in [4.78, 5) is 28.9. The first-order valence-electron chi connectivity index (χ1n) is 11.9. The summed E-state index contributed by atoms with van der Waals surface area (Å²) in [6.45, 7) is 9.06. The lowest BCUT2D eigenvalue weighted by Crippen LogP contribution is -2.39. The second-order valence-corrected chi connectivity index (χ2v) is 8.82. The number of nitrogens with zero attached hydrogens (tertiary/aromatic N) is 2. The minimum atomic E-state index is -0.369. The maximum Gasteiger partial charge on any atom is 0.336 e. The number of benzene rings is 1. The van der Waals surface area contributed by atoms with Gasteiger partial charge < -0.3 is 23.4 Å². The van der Waals surface area contributed by atoms with Crippen LogP contribution in [0.5, 0.6) is 5.75 Å². The van der Waals surface area contributed by atoms with Crippen LogP contribution in [0, 0.1) is 6.92 Å². The van der Waals surface area contributed by atoms with Crippen LogP contribution >= 0.6 is 0 Å². The van der Waals surface area contributed by atoms with E-state index < -0.39 is 0 Å². The van der Waals surface area contributed by atoms with Gasteiger partial charge in [0, 0.05) is 51.2 Å². The molecule has 0 amide bonds. The van der Waals surface area contributed by atoms with Crippen LogP contribution in [-0.2, 0) is 32.0 Å². The molecule has 1 aromatic heterocycles. The fraction of sp³-hybridized carbons (Fsp3) is 0.600. The lowest BCUT2D eigenvalue weighted by Gasteiger charge is -2.32. The number of carbonyl (C=O) groups is 1. The van der Waals surface area contributed by atoms with Crippen molar-refractivity contribution in [1.82, 2.24) is 9.80 Å². The van der Waals surface area contributed by atoms with Gasteiger partial charge in [-0.1, -0.05) is 0 Å². The van der Waals surface area contributed by atoms with Gasteiger partial charge in [0.05, 0.1) is 25.4 Å². The Kier molecular flexibility index (Phi) is 8.55. The Bertz CT molecular complexity index is 1050. The molecular weight excluding hydrogens is 440 g/mol. The lowest BCUT2D eigenvalue weighted by molar-refractivity contribution is -0.144. The van der Waals surface area contributed by atoms with Gasteiger partial charge in [-0.2, -0.15) is 0 Å². The van der Waals surface area contributed by atoms with E-state index in [-0.39, 0.29) is 24.6 Å². The maximum absolute atomic E-state index is 12.1. The molecule has 1 aromatic carbocycles. The largest absolute Gasteiger partial charge is 0.477 e. The number of carbonyl (C=O) groups excluding carboxylic acids is 1. The first-order chi connectivity index (χ1) is 16.5. The second-order valence-electron chi connectivity index (χ2n) is 8.82. The molecule has 9 heteroatoms. The van der Waals surface area contributed by atoms with Crippen molar-refractivity contribution in [2.45, 2.75) is 32.7 Å². The highest BCUT2D eigenvalue weighted by Gasteiger charge is 2.25. The van der Waals surface area contributed by atoms with E-state index >= 15 is 0 Å². The van der Waals surface area contributed by atoms with Crippen LogP contribution in [0.25, 0.3) is 11.0 Å². The molecule has 1 fully saturated rings. The normalized spacial score (nSPS) is 16.9.